The summed E-state index contributed by atoms with van der Waals surface area (Å²) >= 11 is 0. The molecule has 0 unspecified atom stereocenters. The van der Waals surface area contributed by atoms with E-state index in [1.54, 1.807) is 0 Å². The van der Waals surface area contributed by atoms with E-state index in [0.29, 0.717) is 44.8 Å². The zero-order valence-corrected chi connectivity index (χ0v) is 27.7. The first-order valence-electron chi connectivity index (χ1n) is 15.5. The number of aromatic nitrogens is 1. The van der Waals surface area contributed by atoms with Crippen LogP contribution in [0.4, 0.5) is 0 Å². The lowest BCUT2D eigenvalue weighted by atomic mass is 9.88. The number of hydrogen-bond acceptors (Lipinski definition) is 9. The third-order valence-electron chi connectivity index (χ3n) is 8.62. The van der Waals surface area contributed by atoms with Gasteiger partial charge in [-0.05, 0) is 97.3 Å². The number of aryl methyl sites for hydroxylation is 1. The van der Waals surface area contributed by atoms with Crippen LogP contribution in [0.15, 0.2) is 36.4 Å². The predicted octanol–water partition coefficient (Wildman–Crippen LogP) is 5.54. The highest BCUT2D eigenvalue weighted by Crippen LogP contribution is 2.49. The molecule has 1 aliphatic carbocycles. The molecule has 0 radical (unpaired) electrons. The van der Waals surface area contributed by atoms with Crippen LogP contribution >= 0.6 is 0 Å². The molecule has 44 heavy (non-hydrogen) atoms. The van der Waals surface area contributed by atoms with Gasteiger partial charge in [0.15, 0.2) is 5.79 Å². The molecule has 3 fully saturated rings. The molecule has 2 aliphatic heterocycles. The van der Waals surface area contributed by atoms with E-state index >= 15 is 0 Å². The number of hydrogen-bond donors (Lipinski definition) is 0. The summed E-state index contributed by atoms with van der Waals surface area (Å²) in [6.45, 7) is 15.1. The number of pyridine rings is 1. The Kier molecular flexibility index (Phi) is 9.19. The maximum absolute atomic E-state index is 13.0. The van der Waals surface area contributed by atoms with Crippen LogP contribution in [0.5, 0.6) is 5.88 Å². The minimum absolute atomic E-state index is 0.196. The topological polar surface area (TPSA) is 113 Å². The first kappa shape index (κ1) is 32.8. The number of carbonyl (C=O) groups excluding carboxylic acids is 1. The van der Waals surface area contributed by atoms with E-state index in [4.69, 9.17) is 23.1 Å². The number of fused-ring (bicyclic) bond motifs is 1. The maximum Gasteiger partial charge on any atom is 0.387 e. The summed E-state index contributed by atoms with van der Waals surface area (Å²) in [6, 6.07) is 12.0. The Balaban J connectivity index is 1.14. The summed E-state index contributed by atoms with van der Waals surface area (Å²) in [6.07, 6.45) is 1.74. The molecule has 0 bridgehead atoms. The number of ether oxygens (including phenoxy) is 4. The largest absolute Gasteiger partial charge is 0.475 e. The molecule has 5 rings (SSSR count). The van der Waals surface area contributed by atoms with Gasteiger partial charge in [0.1, 0.15) is 6.61 Å². The number of benzene rings is 1. The van der Waals surface area contributed by atoms with Crippen LogP contribution in [0.1, 0.15) is 84.3 Å². The van der Waals surface area contributed by atoms with Gasteiger partial charge in [0.25, 0.3) is 0 Å². The molecule has 3 atom stereocenters. The molecule has 11 heteroatoms. The standard InChI is InChI=1S/C33H46N2O8S/c1-22-19-24(11-12-26(22)27-9-8-10-29(34-27)39-17-18-40-31(2,3)4)23-13-15-35(16-14-23)44(37,38)42-30(36)25-20-28-33(7,21-25)43-32(5,6)41-28/h8-12,19,23,25,28H,13-18,20-21H2,1-7H3/t25-,28-,33+/m1/s1. The zero-order chi connectivity index (χ0) is 31.9. The summed E-state index contributed by atoms with van der Waals surface area (Å²) < 4.78 is 55.9. The quantitative estimate of drug-likeness (QED) is 0.330. The Bertz CT molecular complexity index is 1460. The SMILES string of the molecule is Cc1cc(C2CCN(S(=O)(=O)OC(=O)[C@@H]3C[C@H]4OC(C)(C)O[C@@]4(C)C3)CC2)ccc1-c1cccc(OCCOC(C)(C)C)n1. The zero-order valence-electron chi connectivity index (χ0n) is 26.9. The number of nitrogens with zero attached hydrogens (tertiary/aromatic N) is 2. The van der Waals surface area contributed by atoms with Crippen molar-refractivity contribution in [2.75, 3.05) is 26.3 Å². The first-order valence-corrected chi connectivity index (χ1v) is 16.9. The second kappa shape index (κ2) is 12.3. The second-order valence-corrected chi connectivity index (χ2v) is 15.4. The monoisotopic (exact) mass is 630 g/mol. The molecule has 3 aliphatic rings. The van der Waals surface area contributed by atoms with E-state index in [1.165, 1.54) is 4.31 Å². The van der Waals surface area contributed by atoms with Crippen molar-refractivity contribution < 1.29 is 36.3 Å². The molecule has 0 N–H and O–H groups in total. The Labute approximate surface area is 261 Å². The van der Waals surface area contributed by atoms with Crippen LogP contribution in [0, 0.1) is 12.8 Å². The van der Waals surface area contributed by atoms with Gasteiger partial charge in [-0.1, -0.05) is 24.3 Å². The summed E-state index contributed by atoms with van der Waals surface area (Å²) in [7, 11) is -4.19. The normalized spacial score (nSPS) is 26.0. The Morgan fingerprint density at radius 2 is 1.82 bits per heavy atom. The van der Waals surface area contributed by atoms with Crippen molar-refractivity contribution in [3.05, 3.63) is 47.5 Å². The van der Waals surface area contributed by atoms with Gasteiger partial charge in [-0.25, -0.2) is 4.98 Å². The highest BCUT2D eigenvalue weighted by molar-refractivity contribution is 7.84. The molecule has 0 amide bonds. The molecule has 2 aromatic rings. The fourth-order valence-corrected chi connectivity index (χ4v) is 7.71. The van der Waals surface area contributed by atoms with E-state index in [-0.39, 0.29) is 30.7 Å². The van der Waals surface area contributed by atoms with Crippen molar-refractivity contribution in [3.8, 4) is 17.1 Å². The van der Waals surface area contributed by atoms with E-state index in [9.17, 15) is 13.2 Å². The van der Waals surface area contributed by atoms with Gasteiger partial charge < -0.3 is 23.1 Å². The molecule has 3 heterocycles. The van der Waals surface area contributed by atoms with E-state index < -0.39 is 33.6 Å². The maximum atomic E-state index is 13.0. The molecule has 1 saturated carbocycles. The van der Waals surface area contributed by atoms with Crippen molar-refractivity contribution in [2.24, 2.45) is 5.92 Å². The van der Waals surface area contributed by atoms with Crippen molar-refractivity contribution in [1.82, 2.24) is 9.29 Å². The average Bonchev–Trinajstić information content (AvgIpc) is 3.36. The fourth-order valence-electron chi connectivity index (χ4n) is 6.60. The Morgan fingerprint density at radius 3 is 2.48 bits per heavy atom. The average molecular weight is 631 g/mol. The molecule has 10 nitrogen and oxygen atoms in total. The lowest BCUT2D eigenvalue weighted by Crippen LogP contribution is -2.40. The molecule has 1 aromatic carbocycles. The summed E-state index contributed by atoms with van der Waals surface area (Å²) in [5, 5.41) is 0. The number of rotatable bonds is 9. The summed E-state index contributed by atoms with van der Waals surface area (Å²) in [4.78, 5) is 17.6. The third kappa shape index (κ3) is 7.62. The van der Waals surface area contributed by atoms with Crippen molar-refractivity contribution >= 4 is 16.3 Å². The van der Waals surface area contributed by atoms with Crippen LogP contribution < -0.4 is 4.74 Å². The van der Waals surface area contributed by atoms with Gasteiger partial charge in [0.05, 0.1) is 35.5 Å². The minimum Gasteiger partial charge on any atom is -0.475 e. The number of piperidine rings is 1. The van der Waals surface area contributed by atoms with Gasteiger partial charge in [0.2, 0.25) is 5.88 Å². The van der Waals surface area contributed by atoms with E-state index in [0.717, 1.165) is 22.4 Å². The molecular weight excluding hydrogens is 584 g/mol. The lowest BCUT2D eigenvalue weighted by molar-refractivity contribution is -0.172. The Hall–Kier alpha value is -2.57. The summed E-state index contributed by atoms with van der Waals surface area (Å²) in [5.41, 5.74) is 3.23. The first-order chi connectivity index (χ1) is 20.5. The van der Waals surface area contributed by atoms with Gasteiger partial charge in [-0.2, -0.15) is 12.7 Å². The highest BCUT2D eigenvalue weighted by Gasteiger charge is 2.57. The third-order valence-corrected chi connectivity index (χ3v) is 9.99. The smallest absolute Gasteiger partial charge is 0.387 e. The van der Waals surface area contributed by atoms with Gasteiger partial charge >= 0.3 is 16.3 Å². The molecular formula is C33H46N2O8S. The minimum atomic E-state index is -4.19. The van der Waals surface area contributed by atoms with Gasteiger partial charge in [-0.3, -0.25) is 4.79 Å². The van der Waals surface area contributed by atoms with Crippen molar-refractivity contribution in [3.63, 3.8) is 0 Å². The van der Waals surface area contributed by atoms with E-state index in [1.807, 2.05) is 59.7 Å². The van der Waals surface area contributed by atoms with Crippen LogP contribution in [0.3, 0.4) is 0 Å². The van der Waals surface area contributed by atoms with Crippen LogP contribution in [-0.4, -0.2) is 73.1 Å². The predicted molar refractivity (Wildman–Crippen MR) is 165 cm³/mol. The lowest BCUT2D eigenvalue weighted by Gasteiger charge is -2.31. The van der Waals surface area contributed by atoms with Crippen LogP contribution in [-0.2, 0) is 33.5 Å². The van der Waals surface area contributed by atoms with Gasteiger partial charge in [0, 0.05) is 24.7 Å². The van der Waals surface area contributed by atoms with Crippen molar-refractivity contribution in [2.45, 2.75) is 103 Å². The summed E-state index contributed by atoms with van der Waals surface area (Å²) in [5.74, 6) is -1.29. The van der Waals surface area contributed by atoms with Crippen molar-refractivity contribution in [1.29, 1.82) is 0 Å². The van der Waals surface area contributed by atoms with E-state index in [2.05, 4.69) is 30.1 Å². The molecule has 0 spiro atoms. The molecule has 1 aromatic heterocycles. The number of carbonyl (C=O) groups is 1. The van der Waals surface area contributed by atoms with Gasteiger partial charge in [-0.15, -0.1) is 0 Å². The second-order valence-electron chi connectivity index (χ2n) is 13.8. The fraction of sp³-hybridized carbons (Fsp3) is 0.636. The highest BCUT2D eigenvalue weighted by atomic mass is 32.2. The molecule has 2 saturated heterocycles. The Morgan fingerprint density at radius 1 is 1.09 bits per heavy atom. The molecule has 242 valence electrons. The van der Waals surface area contributed by atoms with Crippen LogP contribution in [0.2, 0.25) is 0 Å². The van der Waals surface area contributed by atoms with Crippen LogP contribution in [0.25, 0.3) is 11.3 Å².